The van der Waals surface area contributed by atoms with Gasteiger partial charge in [-0.15, -0.1) is 0 Å². The van der Waals surface area contributed by atoms with Crippen molar-refractivity contribution in [3.63, 3.8) is 0 Å². The molecule has 2 aliphatic heterocycles. The molecule has 0 N–H and O–H groups in total. The summed E-state index contributed by atoms with van der Waals surface area (Å²) in [5.74, 6) is -1.03. The van der Waals surface area contributed by atoms with Crippen molar-refractivity contribution in [1.82, 2.24) is 19.2 Å². The second-order valence-electron chi connectivity index (χ2n) is 10.5. The minimum Gasteiger partial charge on any atom is -0.490 e. The zero-order valence-electron chi connectivity index (χ0n) is 22.4. The number of likely N-dealkylation sites (tertiary alicyclic amines) is 2. The number of fused-ring (bicyclic) bond motifs is 4. The fraction of sp³-hybridized carbons (Fsp3) is 0.467. The number of hydrogen-bond donors (Lipinski definition) is 0. The predicted molar refractivity (Wildman–Crippen MR) is 145 cm³/mol. The lowest BCUT2D eigenvalue weighted by Gasteiger charge is -2.40. The molecular weight excluding hydrogens is 496 g/mol. The van der Waals surface area contributed by atoms with Crippen molar-refractivity contribution in [2.75, 3.05) is 45.9 Å². The highest BCUT2D eigenvalue weighted by Crippen LogP contribution is 2.37. The maximum Gasteiger partial charge on any atom is 0.341 e. The van der Waals surface area contributed by atoms with E-state index in [0.717, 1.165) is 19.6 Å². The highest BCUT2D eigenvalue weighted by molar-refractivity contribution is 6.31. The molecule has 3 aromatic heterocycles. The van der Waals surface area contributed by atoms with Crippen LogP contribution in [0.25, 0.3) is 5.52 Å². The summed E-state index contributed by atoms with van der Waals surface area (Å²) >= 11 is 0. The van der Waals surface area contributed by atoms with Crippen molar-refractivity contribution in [1.29, 1.82) is 0 Å². The lowest BCUT2D eigenvalue weighted by atomic mass is 9.89. The smallest absolute Gasteiger partial charge is 0.341 e. The van der Waals surface area contributed by atoms with E-state index < -0.39 is 17.5 Å². The van der Waals surface area contributed by atoms with Crippen LogP contribution in [0, 0.1) is 0 Å². The molecule has 2 saturated heterocycles. The van der Waals surface area contributed by atoms with Gasteiger partial charge in [-0.2, -0.15) is 0 Å². The number of rotatable bonds is 7. The summed E-state index contributed by atoms with van der Waals surface area (Å²) in [5.41, 5.74) is 0.886. The van der Waals surface area contributed by atoms with Crippen molar-refractivity contribution >= 4 is 23.1 Å². The zero-order chi connectivity index (χ0) is 26.9. The van der Waals surface area contributed by atoms with Gasteiger partial charge >= 0.3 is 5.97 Å². The quantitative estimate of drug-likeness (QED) is 0.335. The Morgan fingerprint density at radius 1 is 1.03 bits per heavy atom. The molecule has 2 fully saturated rings. The first kappa shape index (κ1) is 25.7. The first-order valence-electron chi connectivity index (χ1n) is 14.1. The summed E-state index contributed by atoms with van der Waals surface area (Å²) in [4.78, 5) is 49.5. The first-order valence-corrected chi connectivity index (χ1v) is 14.1. The molecule has 0 atom stereocenters. The van der Waals surface area contributed by atoms with Crippen LogP contribution in [-0.4, -0.2) is 88.7 Å². The molecule has 6 rings (SSSR count). The number of esters is 1. The minimum absolute atomic E-state index is 0.0507. The van der Waals surface area contributed by atoms with E-state index in [1.807, 2.05) is 0 Å². The largest absolute Gasteiger partial charge is 0.490 e. The standard InChI is InChI=1S/C30H34N4O5/c1-2-38-30(37)24-23-27(29(36)25-21(28(23)35)8-6-12-31-25)34-15-7-9-22(26(24)34)39-19-18-32-16-10-20(11-17-32)33-13-4-3-5-14-33/h6-9,12,15,20H,2-5,10-11,13-14,16-19H2,1H3. The number of piperidine rings is 2. The summed E-state index contributed by atoms with van der Waals surface area (Å²) < 4.78 is 13.2. The third-order valence-electron chi connectivity index (χ3n) is 8.24. The molecule has 1 aliphatic carbocycles. The molecule has 0 spiro atoms. The van der Waals surface area contributed by atoms with Crippen molar-refractivity contribution in [2.45, 2.75) is 45.1 Å². The Labute approximate surface area is 227 Å². The van der Waals surface area contributed by atoms with Crippen LogP contribution in [0.15, 0.2) is 36.7 Å². The fourth-order valence-electron chi connectivity index (χ4n) is 6.33. The molecule has 0 saturated carbocycles. The third-order valence-corrected chi connectivity index (χ3v) is 8.24. The van der Waals surface area contributed by atoms with Crippen LogP contribution in [0.4, 0.5) is 0 Å². The van der Waals surface area contributed by atoms with E-state index in [4.69, 9.17) is 9.47 Å². The van der Waals surface area contributed by atoms with Crippen molar-refractivity contribution in [3.05, 3.63) is 64.7 Å². The van der Waals surface area contributed by atoms with E-state index >= 15 is 0 Å². The van der Waals surface area contributed by atoms with Gasteiger partial charge in [0.25, 0.3) is 0 Å². The van der Waals surface area contributed by atoms with E-state index in [-0.39, 0.29) is 34.7 Å². The molecule has 0 unspecified atom stereocenters. The number of ether oxygens (including phenoxy) is 2. The number of carbonyl (C=O) groups is 3. The Hall–Kier alpha value is -3.56. The summed E-state index contributed by atoms with van der Waals surface area (Å²) in [5, 5.41) is 0. The fourth-order valence-corrected chi connectivity index (χ4v) is 6.33. The Morgan fingerprint density at radius 3 is 2.59 bits per heavy atom. The summed E-state index contributed by atoms with van der Waals surface area (Å²) in [6.45, 7) is 7.57. The van der Waals surface area contributed by atoms with Gasteiger partial charge in [0.05, 0.1) is 17.7 Å². The number of aromatic nitrogens is 2. The van der Waals surface area contributed by atoms with Gasteiger partial charge in [-0.05, 0) is 83.1 Å². The molecule has 9 heteroatoms. The lowest BCUT2D eigenvalue weighted by Crippen LogP contribution is -2.47. The van der Waals surface area contributed by atoms with Gasteiger partial charge in [-0.3, -0.25) is 19.5 Å². The van der Waals surface area contributed by atoms with E-state index in [0.29, 0.717) is 23.9 Å². The number of nitrogens with zero attached hydrogens (tertiary/aromatic N) is 4. The van der Waals surface area contributed by atoms with Crippen molar-refractivity contribution in [3.8, 4) is 5.75 Å². The highest BCUT2D eigenvalue weighted by Gasteiger charge is 2.40. The van der Waals surface area contributed by atoms with Gasteiger partial charge in [0.2, 0.25) is 5.78 Å². The SMILES string of the molecule is CCOC(=O)c1c2c(n3cccc(OCCN4CCC(N5CCCCC5)CC4)c13)C(=O)c1ncccc1C2=O. The maximum atomic E-state index is 13.6. The van der Waals surface area contributed by atoms with Crippen LogP contribution in [0.3, 0.4) is 0 Å². The average Bonchev–Trinajstić information content (AvgIpc) is 3.34. The normalized spacial score (nSPS) is 18.7. The van der Waals surface area contributed by atoms with E-state index in [9.17, 15) is 14.4 Å². The number of ketones is 2. The molecule has 5 heterocycles. The zero-order valence-corrected chi connectivity index (χ0v) is 22.4. The van der Waals surface area contributed by atoms with Crippen LogP contribution in [0.2, 0.25) is 0 Å². The molecule has 39 heavy (non-hydrogen) atoms. The van der Waals surface area contributed by atoms with E-state index in [2.05, 4.69) is 14.8 Å². The van der Waals surface area contributed by atoms with Crippen molar-refractivity contribution < 1.29 is 23.9 Å². The minimum atomic E-state index is -0.652. The molecule has 3 aromatic rings. The first-order chi connectivity index (χ1) is 19.1. The summed E-state index contributed by atoms with van der Waals surface area (Å²) in [7, 11) is 0. The van der Waals surface area contributed by atoms with Gasteiger partial charge in [0, 0.05) is 25.0 Å². The Morgan fingerprint density at radius 2 is 1.82 bits per heavy atom. The Balaban J connectivity index is 1.25. The molecule has 0 amide bonds. The number of hydrogen-bond acceptors (Lipinski definition) is 8. The molecule has 0 aromatic carbocycles. The van der Waals surface area contributed by atoms with Crippen LogP contribution in [0.5, 0.6) is 5.75 Å². The lowest BCUT2D eigenvalue weighted by molar-refractivity contribution is 0.0525. The van der Waals surface area contributed by atoms with E-state index in [1.165, 1.54) is 51.4 Å². The topological polar surface area (TPSA) is 93.4 Å². The molecular formula is C30H34N4O5. The molecule has 3 aliphatic rings. The monoisotopic (exact) mass is 530 g/mol. The molecule has 0 bridgehead atoms. The Bertz CT molecular complexity index is 1420. The Kier molecular flexibility index (Phi) is 7.18. The van der Waals surface area contributed by atoms with Gasteiger partial charge < -0.3 is 18.8 Å². The van der Waals surface area contributed by atoms with E-state index in [1.54, 1.807) is 41.8 Å². The predicted octanol–water partition coefficient (Wildman–Crippen LogP) is 3.62. The molecule has 204 valence electrons. The van der Waals surface area contributed by atoms with Crippen LogP contribution in [-0.2, 0) is 4.74 Å². The van der Waals surface area contributed by atoms with Crippen LogP contribution in [0.1, 0.15) is 81.5 Å². The second kappa shape index (κ2) is 10.9. The van der Waals surface area contributed by atoms with Gasteiger partial charge in [0.15, 0.2) is 5.78 Å². The van der Waals surface area contributed by atoms with Gasteiger partial charge in [0.1, 0.15) is 34.8 Å². The third kappa shape index (κ3) is 4.63. The number of pyridine rings is 2. The summed E-state index contributed by atoms with van der Waals surface area (Å²) in [6.07, 6.45) is 9.50. The average molecular weight is 531 g/mol. The van der Waals surface area contributed by atoms with Crippen molar-refractivity contribution in [2.24, 2.45) is 0 Å². The van der Waals surface area contributed by atoms with Gasteiger partial charge in [-0.25, -0.2) is 4.79 Å². The highest BCUT2D eigenvalue weighted by atomic mass is 16.5. The molecule has 0 radical (unpaired) electrons. The second-order valence-corrected chi connectivity index (χ2v) is 10.5. The van der Waals surface area contributed by atoms with Crippen LogP contribution >= 0.6 is 0 Å². The van der Waals surface area contributed by atoms with Crippen LogP contribution < -0.4 is 4.74 Å². The van der Waals surface area contributed by atoms with Gasteiger partial charge in [-0.1, -0.05) is 6.42 Å². The summed E-state index contributed by atoms with van der Waals surface area (Å²) in [6, 6.07) is 7.39. The number of carbonyl (C=O) groups excluding carboxylic acids is 3. The molecule has 9 nitrogen and oxygen atoms in total. The maximum absolute atomic E-state index is 13.6.